The lowest BCUT2D eigenvalue weighted by atomic mass is 9.95. The Hall–Kier alpha value is -2.08. The van der Waals surface area contributed by atoms with E-state index in [1.54, 1.807) is 0 Å². The Morgan fingerprint density at radius 3 is 2.71 bits per heavy atom. The van der Waals surface area contributed by atoms with Gasteiger partial charge in [-0.05, 0) is 29.7 Å². The molecule has 3 rings (SSSR count). The molecule has 0 unspecified atom stereocenters. The minimum atomic E-state index is 0. The summed E-state index contributed by atoms with van der Waals surface area (Å²) in [4.78, 5) is 14.5. The van der Waals surface area contributed by atoms with Crippen LogP contribution in [-0.2, 0) is 11.3 Å². The second-order valence-electron chi connectivity index (χ2n) is 7.15. The van der Waals surface area contributed by atoms with Gasteiger partial charge in [0, 0.05) is 31.6 Å². The van der Waals surface area contributed by atoms with Crippen molar-refractivity contribution >= 4 is 18.3 Å². The minimum Gasteiger partial charge on any atom is -0.494 e. The first-order chi connectivity index (χ1) is 13.2. The van der Waals surface area contributed by atoms with E-state index in [0.717, 1.165) is 30.8 Å². The third-order valence-corrected chi connectivity index (χ3v) is 4.90. The summed E-state index contributed by atoms with van der Waals surface area (Å²) in [6, 6.07) is 18.2. The second kappa shape index (κ2) is 11.1. The summed E-state index contributed by atoms with van der Waals surface area (Å²) in [5.74, 6) is 1.15. The van der Waals surface area contributed by atoms with Crippen molar-refractivity contribution in [2.24, 2.45) is 5.73 Å². The number of nitrogens with one attached hydrogen (secondary N) is 1. The maximum atomic E-state index is 12.4. The molecule has 0 aliphatic carbocycles. The highest BCUT2D eigenvalue weighted by Crippen LogP contribution is 2.26. The van der Waals surface area contributed by atoms with Crippen LogP contribution in [0.4, 0.5) is 0 Å². The van der Waals surface area contributed by atoms with E-state index in [-0.39, 0.29) is 30.3 Å². The number of carbonyl (C=O) groups excluding carboxylic acids is 1. The Balaban J connectivity index is 0.00000280. The largest absolute Gasteiger partial charge is 0.494 e. The van der Waals surface area contributed by atoms with Gasteiger partial charge in [0.1, 0.15) is 5.75 Å². The van der Waals surface area contributed by atoms with Crippen LogP contribution in [-0.4, -0.2) is 43.1 Å². The number of likely N-dealkylation sites (tertiary alicyclic amines) is 1. The molecule has 2 aromatic rings. The van der Waals surface area contributed by atoms with E-state index in [1.165, 1.54) is 5.56 Å². The van der Waals surface area contributed by atoms with Gasteiger partial charge in [-0.3, -0.25) is 9.69 Å². The number of carbonyl (C=O) groups is 1. The molecular formula is C22H30ClN3O2. The van der Waals surface area contributed by atoms with E-state index in [0.29, 0.717) is 19.7 Å². The summed E-state index contributed by atoms with van der Waals surface area (Å²) < 4.78 is 5.64. The zero-order chi connectivity index (χ0) is 19.1. The zero-order valence-corrected chi connectivity index (χ0v) is 17.2. The van der Waals surface area contributed by atoms with Crippen molar-refractivity contribution in [1.29, 1.82) is 0 Å². The van der Waals surface area contributed by atoms with Crippen molar-refractivity contribution in [2.45, 2.75) is 31.8 Å². The van der Waals surface area contributed by atoms with Crippen LogP contribution in [0.1, 0.15) is 30.4 Å². The van der Waals surface area contributed by atoms with Gasteiger partial charge in [0.05, 0.1) is 13.2 Å². The van der Waals surface area contributed by atoms with Gasteiger partial charge in [-0.25, -0.2) is 0 Å². The van der Waals surface area contributed by atoms with Crippen LogP contribution in [0.2, 0.25) is 0 Å². The molecule has 5 nitrogen and oxygen atoms in total. The van der Waals surface area contributed by atoms with Gasteiger partial charge in [-0.2, -0.15) is 0 Å². The summed E-state index contributed by atoms with van der Waals surface area (Å²) >= 11 is 0. The number of rotatable bonds is 8. The van der Waals surface area contributed by atoms with Crippen molar-refractivity contribution in [3.8, 4) is 5.75 Å². The van der Waals surface area contributed by atoms with Gasteiger partial charge in [0.2, 0.25) is 5.91 Å². The van der Waals surface area contributed by atoms with Gasteiger partial charge in [0.15, 0.2) is 0 Å². The van der Waals surface area contributed by atoms with E-state index in [1.807, 2.05) is 42.5 Å². The SMILES string of the molecule is CCCOc1cccc(CNC(=O)CN2C[C@@H](N)[C@H](c3ccccc3)C2)c1.Cl. The van der Waals surface area contributed by atoms with Gasteiger partial charge in [-0.15, -0.1) is 12.4 Å². The fourth-order valence-electron chi connectivity index (χ4n) is 3.52. The van der Waals surface area contributed by atoms with Crippen LogP contribution in [0.15, 0.2) is 54.6 Å². The normalized spacial score (nSPS) is 19.1. The van der Waals surface area contributed by atoms with Crippen molar-refractivity contribution in [3.63, 3.8) is 0 Å². The Labute approximate surface area is 173 Å². The summed E-state index contributed by atoms with van der Waals surface area (Å²) in [5, 5.41) is 3.00. The molecule has 152 valence electrons. The quantitative estimate of drug-likeness (QED) is 0.711. The Kier molecular flexibility index (Phi) is 8.77. The molecule has 0 spiro atoms. The predicted molar refractivity (Wildman–Crippen MR) is 115 cm³/mol. The number of ether oxygens (including phenoxy) is 1. The maximum absolute atomic E-state index is 12.4. The third-order valence-electron chi connectivity index (χ3n) is 4.90. The topological polar surface area (TPSA) is 67.6 Å². The van der Waals surface area contributed by atoms with Gasteiger partial charge >= 0.3 is 0 Å². The maximum Gasteiger partial charge on any atom is 0.234 e. The summed E-state index contributed by atoms with van der Waals surface area (Å²) in [5.41, 5.74) is 8.60. The van der Waals surface area contributed by atoms with E-state index in [9.17, 15) is 4.79 Å². The molecule has 1 aliphatic heterocycles. The van der Waals surface area contributed by atoms with Crippen LogP contribution in [0.5, 0.6) is 5.75 Å². The van der Waals surface area contributed by atoms with Crippen molar-refractivity contribution in [1.82, 2.24) is 10.2 Å². The fourth-order valence-corrected chi connectivity index (χ4v) is 3.52. The first-order valence-electron chi connectivity index (χ1n) is 9.67. The first kappa shape index (κ1) is 22.2. The molecule has 28 heavy (non-hydrogen) atoms. The highest BCUT2D eigenvalue weighted by atomic mass is 35.5. The molecule has 1 aliphatic rings. The number of benzene rings is 2. The molecule has 1 amide bonds. The number of nitrogens with zero attached hydrogens (tertiary/aromatic N) is 1. The van der Waals surface area contributed by atoms with Gasteiger partial charge < -0.3 is 15.8 Å². The van der Waals surface area contributed by atoms with E-state index < -0.39 is 0 Å². The second-order valence-corrected chi connectivity index (χ2v) is 7.15. The molecule has 6 heteroatoms. The average Bonchev–Trinajstić information content (AvgIpc) is 3.06. The summed E-state index contributed by atoms with van der Waals surface area (Å²) in [6.07, 6.45) is 0.975. The molecule has 1 fully saturated rings. The zero-order valence-electron chi connectivity index (χ0n) is 16.3. The standard InChI is InChI=1S/C22H29N3O2.ClH/c1-2-11-27-19-10-6-7-17(12-19)13-24-22(26)16-25-14-20(21(23)15-25)18-8-4-3-5-9-18;/h3-10,12,20-21H,2,11,13-16,23H2,1H3,(H,24,26);1H/t20-,21+;/m0./s1. The average molecular weight is 404 g/mol. The monoisotopic (exact) mass is 403 g/mol. The molecule has 2 atom stereocenters. The molecule has 3 N–H and O–H groups in total. The lowest BCUT2D eigenvalue weighted by Gasteiger charge is -2.16. The number of hydrogen-bond acceptors (Lipinski definition) is 4. The number of nitrogens with two attached hydrogens (primary N) is 1. The lowest BCUT2D eigenvalue weighted by Crippen LogP contribution is -2.37. The highest BCUT2D eigenvalue weighted by Gasteiger charge is 2.31. The first-order valence-corrected chi connectivity index (χ1v) is 9.67. The van der Waals surface area contributed by atoms with Gasteiger partial charge in [0.25, 0.3) is 0 Å². The molecule has 1 heterocycles. The Bertz CT molecular complexity index is 742. The number of hydrogen-bond donors (Lipinski definition) is 2. The fraction of sp³-hybridized carbons (Fsp3) is 0.409. The smallest absolute Gasteiger partial charge is 0.234 e. The highest BCUT2D eigenvalue weighted by molar-refractivity contribution is 5.85. The summed E-state index contributed by atoms with van der Waals surface area (Å²) in [7, 11) is 0. The van der Waals surface area contributed by atoms with Crippen molar-refractivity contribution in [3.05, 3.63) is 65.7 Å². The van der Waals surface area contributed by atoms with E-state index in [2.05, 4.69) is 29.3 Å². The Morgan fingerprint density at radius 1 is 1.18 bits per heavy atom. The molecule has 0 aromatic heterocycles. The van der Waals surface area contributed by atoms with E-state index in [4.69, 9.17) is 10.5 Å². The molecular weight excluding hydrogens is 374 g/mol. The van der Waals surface area contributed by atoms with Crippen LogP contribution >= 0.6 is 12.4 Å². The minimum absolute atomic E-state index is 0. The van der Waals surface area contributed by atoms with Crippen LogP contribution in [0, 0.1) is 0 Å². The number of amides is 1. The molecule has 0 bridgehead atoms. The van der Waals surface area contributed by atoms with Crippen molar-refractivity contribution in [2.75, 3.05) is 26.2 Å². The number of halogens is 1. The molecule has 2 aromatic carbocycles. The molecule has 0 radical (unpaired) electrons. The van der Waals surface area contributed by atoms with Crippen LogP contribution in [0.25, 0.3) is 0 Å². The van der Waals surface area contributed by atoms with Gasteiger partial charge in [-0.1, -0.05) is 49.4 Å². The Morgan fingerprint density at radius 2 is 1.96 bits per heavy atom. The predicted octanol–water partition coefficient (Wildman–Crippen LogP) is 2.94. The van der Waals surface area contributed by atoms with Crippen LogP contribution < -0.4 is 15.8 Å². The van der Waals surface area contributed by atoms with Crippen molar-refractivity contribution < 1.29 is 9.53 Å². The lowest BCUT2D eigenvalue weighted by molar-refractivity contribution is -0.122. The molecule has 1 saturated heterocycles. The third kappa shape index (κ3) is 6.23. The van der Waals surface area contributed by atoms with Crippen LogP contribution in [0.3, 0.4) is 0 Å². The summed E-state index contributed by atoms with van der Waals surface area (Å²) in [6.45, 7) is 5.23. The van der Waals surface area contributed by atoms with E-state index >= 15 is 0 Å². The molecule has 0 saturated carbocycles.